The molecule has 0 spiro atoms. The second-order valence-electron chi connectivity index (χ2n) is 5.15. The number of morpholine rings is 1. The van der Waals surface area contributed by atoms with Crippen molar-refractivity contribution in [2.45, 2.75) is 0 Å². The van der Waals surface area contributed by atoms with Crippen LogP contribution in [0.1, 0.15) is 0 Å². The van der Waals surface area contributed by atoms with E-state index in [4.69, 9.17) is 9.47 Å². The largest absolute Gasteiger partial charge is 0.476 e. The maximum Gasteiger partial charge on any atom is 0.331 e. The lowest BCUT2D eigenvalue weighted by atomic mass is 10.1. The number of anilines is 1. The molecule has 3 heterocycles. The van der Waals surface area contributed by atoms with Gasteiger partial charge in [-0.25, -0.2) is 0 Å². The Morgan fingerprint density at radius 3 is 2.70 bits per heavy atom. The average molecular weight is 319 g/mol. The summed E-state index contributed by atoms with van der Waals surface area (Å²) in [7, 11) is 3.17. The maximum absolute atomic E-state index is 11.3. The van der Waals surface area contributed by atoms with E-state index >= 15 is 0 Å². The second kappa shape index (κ2) is 6.21. The lowest BCUT2D eigenvalue weighted by Crippen LogP contribution is -2.37. The molecule has 23 heavy (non-hydrogen) atoms. The molecule has 0 atom stereocenters. The third kappa shape index (κ3) is 2.95. The van der Waals surface area contributed by atoms with Crippen LogP contribution in [0.15, 0.2) is 18.5 Å². The molecule has 0 aliphatic carbocycles. The first-order chi connectivity index (χ1) is 11.1. The van der Waals surface area contributed by atoms with Crippen LogP contribution in [0.4, 0.5) is 11.5 Å². The highest BCUT2D eigenvalue weighted by Crippen LogP contribution is 2.37. The number of hydrogen-bond acceptors (Lipinski definition) is 7. The molecule has 0 N–H and O–H groups in total. The van der Waals surface area contributed by atoms with E-state index in [1.165, 1.54) is 13.2 Å². The number of nitrogens with zero attached hydrogens (tertiary/aromatic N) is 5. The molecule has 122 valence electrons. The number of ether oxygens (including phenoxy) is 2. The van der Waals surface area contributed by atoms with Crippen molar-refractivity contribution in [1.82, 2.24) is 14.8 Å². The Morgan fingerprint density at radius 1 is 1.39 bits per heavy atom. The molecule has 1 aliphatic rings. The van der Waals surface area contributed by atoms with Crippen LogP contribution in [-0.4, -0.2) is 53.1 Å². The standard InChI is InChI=1S/C14H17N5O4/c1-17-9-10(8-15-17)11-7-12(19(20)21)14(22-2)16-13(11)18-3-5-23-6-4-18/h7-9H,3-6H2,1-2H3. The van der Waals surface area contributed by atoms with E-state index in [0.717, 1.165) is 5.56 Å². The molecule has 3 rings (SSSR count). The van der Waals surface area contributed by atoms with Gasteiger partial charge in [0.05, 0.1) is 31.4 Å². The van der Waals surface area contributed by atoms with Gasteiger partial charge in [-0.3, -0.25) is 14.8 Å². The molecule has 2 aromatic rings. The molecule has 0 saturated carbocycles. The summed E-state index contributed by atoms with van der Waals surface area (Å²) in [6.45, 7) is 2.52. The minimum absolute atomic E-state index is 0.00383. The third-order valence-corrected chi connectivity index (χ3v) is 3.67. The van der Waals surface area contributed by atoms with E-state index in [9.17, 15) is 10.1 Å². The van der Waals surface area contributed by atoms with Gasteiger partial charge in [0.15, 0.2) is 0 Å². The van der Waals surface area contributed by atoms with Crippen LogP contribution in [0.25, 0.3) is 11.1 Å². The number of rotatable bonds is 4. The first-order valence-corrected chi connectivity index (χ1v) is 7.15. The van der Waals surface area contributed by atoms with E-state index in [0.29, 0.717) is 37.7 Å². The molecule has 0 unspecified atom stereocenters. The zero-order valence-corrected chi connectivity index (χ0v) is 12.9. The van der Waals surface area contributed by atoms with Gasteiger partial charge in [-0.15, -0.1) is 0 Å². The van der Waals surface area contributed by atoms with E-state index in [1.807, 2.05) is 4.90 Å². The van der Waals surface area contributed by atoms with Crippen LogP contribution in [0.2, 0.25) is 0 Å². The van der Waals surface area contributed by atoms with Crippen LogP contribution in [0, 0.1) is 10.1 Å². The lowest BCUT2D eigenvalue weighted by Gasteiger charge is -2.29. The van der Waals surface area contributed by atoms with Crippen LogP contribution in [-0.2, 0) is 11.8 Å². The van der Waals surface area contributed by atoms with Gasteiger partial charge in [0.25, 0.3) is 5.88 Å². The van der Waals surface area contributed by atoms with Crippen LogP contribution in [0.3, 0.4) is 0 Å². The summed E-state index contributed by atoms with van der Waals surface area (Å²) in [5.41, 5.74) is 1.27. The maximum atomic E-state index is 11.3. The highest BCUT2D eigenvalue weighted by Gasteiger charge is 2.26. The molecule has 2 aromatic heterocycles. The first-order valence-electron chi connectivity index (χ1n) is 7.15. The van der Waals surface area contributed by atoms with Gasteiger partial charge in [-0.05, 0) is 0 Å². The summed E-state index contributed by atoms with van der Waals surface area (Å²) in [5.74, 6) is 0.646. The van der Waals surface area contributed by atoms with E-state index < -0.39 is 4.92 Å². The van der Waals surface area contributed by atoms with Gasteiger partial charge < -0.3 is 14.4 Å². The highest BCUT2D eigenvalue weighted by molar-refractivity contribution is 5.78. The fraction of sp³-hybridized carbons (Fsp3) is 0.429. The smallest absolute Gasteiger partial charge is 0.331 e. The summed E-state index contributed by atoms with van der Waals surface area (Å²) < 4.78 is 12.1. The number of methoxy groups -OCH3 is 1. The topological polar surface area (TPSA) is 95.6 Å². The Hall–Kier alpha value is -2.68. The van der Waals surface area contributed by atoms with Gasteiger partial charge in [0, 0.05) is 43.5 Å². The second-order valence-corrected chi connectivity index (χ2v) is 5.15. The van der Waals surface area contributed by atoms with Crippen molar-refractivity contribution < 1.29 is 14.4 Å². The van der Waals surface area contributed by atoms with Gasteiger partial charge in [-0.2, -0.15) is 10.1 Å². The summed E-state index contributed by atoms with van der Waals surface area (Å²) in [4.78, 5) is 17.2. The van der Waals surface area contributed by atoms with E-state index in [2.05, 4.69) is 10.1 Å². The quantitative estimate of drug-likeness (QED) is 0.618. The van der Waals surface area contributed by atoms with Crippen LogP contribution in [0.5, 0.6) is 5.88 Å². The fourth-order valence-electron chi connectivity index (χ4n) is 2.55. The summed E-state index contributed by atoms with van der Waals surface area (Å²) in [5, 5.41) is 15.4. The SMILES string of the molecule is COc1nc(N2CCOCC2)c(-c2cnn(C)c2)cc1[N+](=O)[O-]. The zero-order chi connectivity index (χ0) is 16.4. The average Bonchev–Trinajstić information content (AvgIpc) is 3.00. The van der Waals surface area contributed by atoms with Crippen LogP contribution < -0.4 is 9.64 Å². The minimum atomic E-state index is -0.491. The van der Waals surface area contributed by atoms with Crippen molar-refractivity contribution in [2.24, 2.45) is 7.05 Å². The molecule has 0 amide bonds. The Labute approximate surface area is 132 Å². The fourth-order valence-corrected chi connectivity index (χ4v) is 2.55. The van der Waals surface area contributed by atoms with Crippen molar-refractivity contribution in [3.05, 3.63) is 28.6 Å². The van der Waals surface area contributed by atoms with Crippen molar-refractivity contribution in [2.75, 3.05) is 38.3 Å². The number of aryl methyl sites for hydroxylation is 1. The summed E-state index contributed by atoms with van der Waals surface area (Å²) >= 11 is 0. The number of nitro groups is 1. The Balaban J connectivity index is 2.16. The zero-order valence-electron chi connectivity index (χ0n) is 12.9. The van der Waals surface area contributed by atoms with Gasteiger partial charge in [0.1, 0.15) is 5.82 Å². The number of aromatic nitrogens is 3. The van der Waals surface area contributed by atoms with Crippen LogP contribution >= 0.6 is 0 Å². The van der Waals surface area contributed by atoms with Gasteiger partial charge in [0.2, 0.25) is 0 Å². The molecular formula is C14H17N5O4. The van der Waals surface area contributed by atoms with Crippen molar-refractivity contribution in [3.8, 4) is 17.0 Å². The third-order valence-electron chi connectivity index (χ3n) is 3.67. The molecule has 1 fully saturated rings. The van der Waals surface area contributed by atoms with E-state index in [-0.39, 0.29) is 11.6 Å². The normalized spacial score (nSPS) is 14.8. The summed E-state index contributed by atoms with van der Waals surface area (Å²) in [6, 6.07) is 1.49. The molecule has 1 saturated heterocycles. The lowest BCUT2D eigenvalue weighted by molar-refractivity contribution is -0.386. The number of pyridine rings is 1. The van der Waals surface area contributed by atoms with E-state index in [1.54, 1.807) is 24.1 Å². The number of hydrogen-bond donors (Lipinski definition) is 0. The molecular weight excluding hydrogens is 302 g/mol. The Kier molecular flexibility index (Phi) is 4.11. The van der Waals surface area contributed by atoms with Crippen molar-refractivity contribution >= 4 is 11.5 Å². The molecule has 0 radical (unpaired) electrons. The van der Waals surface area contributed by atoms with Gasteiger partial charge in [-0.1, -0.05) is 0 Å². The molecule has 0 aromatic carbocycles. The molecule has 9 nitrogen and oxygen atoms in total. The predicted molar refractivity (Wildman–Crippen MR) is 82.7 cm³/mol. The first kappa shape index (κ1) is 15.2. The Morgan fingerprint density at radius 2 is 2.13 bits per heavy atom. The summed E-state index contributed by atoms with van der Waals surface area (Å²) in [6.07, 6.45) is 3.47. The molecule has 9 heteroatoms. The van der Waals surface area contributed by atoms with Gasteiger partial charge >= 0.3 is 5.69 Å². The highest BCUT2D eigenvalue weighted by atomic mass is 16.6. The minimum Gasteiger partial charge on any atom is -0.476 e. The molecule has 0 bridgehead atoms. The van der Waals surface area contributed by atoms with Crippen molar-refractivity contribution in [3.63, 3.8) is 0 Å². The van der Waals surface area contributed by atoms with Crippen molar-refractivity contribution in [1.29, 1.82) is 0 Å². The monoisotopic (exact) mass is 319 g/mol. The molecule has 1 aliphatic heterocycles. The predicted octanol–water partition coefficient (Wildman–Crippen LogP) is 1.24. The Bertz CT molecular complexity index is 724.